The van der Waals surface area contributed by atoms with Gasteiger partial charge in [-0.1, -0.05) is 36.2 Å². The molecule has 1 aromatic rings. The number of hydrogen-bond acceptors (Lipinski definition) is 1. The molecule has 0 aliphatic carbocycles. The van der Waals surface area contributed by atoms with Gasteiger partial charge < -0.3 is 5.11 Å². The third-order valence-electron chi connectivity index (χ3n) is 3.23. The molecule has 0 aliphatic rings. The van der Waals surface area contributed by atoms with Crippen LogP contribution in [0, 0.1) is 11.7 Å². The Bertz CT molecular complexity index is 363. The quantitative estimate of drug-likeness (QED) is 0.890. The molecule has 0 saturated heterocycles. The van der Waals surface area contributed by atoms with Crippen LogP contribution < -0.4 is 0 Å². The molecule has 0 heterocycles. The Morgan fingerprint density at radius 3 is 2.69 bits per heavy atom. The zero-order chi connectivity index (χ0) is 12.3. The van der Waals surface area contributed by atoms with Crippen LogP contribution in [0.4, 0.5) is 4.39 Å². The van der Waals surface area contributed by atoms with Crippen LogP contribution in [-0.2, 0) is 6.42 Å². The van der Waals surface area contributed by atoms with Gasteiger partial charge in [0.05, 0.1) is 5.60 Å². The van der Waals surface area contributed by atoms with Crippen LogP contribution >= 0.6 is 15.9 Å². The normalized spacial score (nSPS) is 16.9. The zero-order valence-corrected chi connectivity index (χ0v) is 11.5. The van der Waals surface area contributed by atoms with Gasteiger partial charge in [0.25, 0.3) is 0 Å². The Hall–Kier alpha value is -0.410. The molecule has 16 heavy (non-hydrogen) atoms. The summed E-state index contributed by atoms with van der Waals surface area (Å²) in [6.07, 6.45) is 1.36. The minimum atomic E-state index is -0.801. The maximum absolute atomic E-state index is 13.1. The summed E-state index contributed by atoms with van der Waals surface area (Å²) in [4.78, 5) is 0. The van der Waals surface area contributed by atoms with Gasteiger partial charge in [0.1, 0.15) is 5.82 Å². The predicted octanol–water partition coefficient (Wildman–Crippen LogP) is 3.93. The average Bonchev–Trinajstić information content (AvgIpc) is 2.22. The molecule has 0 bridgehead atoms. The van der Waals surface area contributed by atoms with Gasteiger partial charge in [0, 0.05) is 10.9 Å². The fourth-order valence-corrected chi connectivity index (χ4v) is 2.07. The van der Waals surface area contributed by atoms with Crippen molar-refractivity contribution in [2.24, 2.45) is 5.92 Å². The molecule has 0 radical (unpaired) electrons. The Morgan fingerprint density at radius 2 is 2.12 bits per heavy atom. The van der Waals surface area contributed by atoms with Gasteiger partial charge in [0.2, 0.25) is 0 Å². The second-order valence-electron chi connectivity index (χ2n) is 4.58. The summed E-state index contributed by atoms with van der Waals surface area (Å²) in [5, 5.41) is 10.3. The summed E-state index contributed by atoms with van der Waals surface area (Å²) >= 11 is 3.38. The minimum Gasteiger partial charge on any atom is -0.390 e. The Kier molecular flexibility index (Phi) is 4.51. The van der Waals surface area contributed by atoms with E-state index in [9.17, 15) is 9.50 Å². The molecule has 3 heteroatoms. The van der Waals surface area contributed by atoms with Crippen molar-refractivity contribution >= 4 is 15.9 Å². The first kappa shape index (κ1) is 13.7. The standard InChI is InChI=1S/C13H18BrFO/c1-4-9(2)13(3,16)8-10-7-11(15)5-6-12(10)14/h5-7,9,16H,4,8H2,1-3H3. The fourth-order valence-electron chi connectivity index (χ4n) is 1.68. The largest absolute Gasteiger partial charge is 0.390 e. The second kappa shape index (κ2) is 5.28. The highest BCUT2D eigenvalue weighted by Gasteiger charge is 2.28. The molecule has 1 nitrogen and oxygen atoms in total. The van der Waals surface area contributed by atoms with Gasteiger partial charge in [-0.15, -0.1) is 0 Å². The minimum absolute atomic E-state index is 0.183. The third-order valence-corrected chi connectivity index (χ3v) is 4.00. The van der Waals surface area contributed by atoms with E-state index in [1.165, 1.54) is 12.1 Å². The highest BCUT2D eigenvalue weighted by atomic mass is 79.9. The number of benzene rings is 1. The summed E-state index contributed by atoms with van der Waals surface area (Å²) in [5.41, 5.74) is 0.00993. The van der Waals surface area contributed by atoms with Gasteiger partial charge in [-0.25, -0.2) is 4.39 Å². The predicted molar refractivity (Wildman–Crippen MR) is 67.9 cm³/mol. The molecule has 0 saturated carbocycles. The summed E-state index contributed by atoms with van der Waals surface area (Å²) in [6.45, 7) is 5.85. The first-order valence-corrected chi connectivity index (χ1v) is 6.32. The topological polar surface area (TPSA) is 20.2 Å². The van der Waals surface area contributed by atoms with E-state index in [4.69, 9.17) is 0 Å². The molecular formula is C13H18BrFO. The van der Waals surface area contributed by atoms with Gasteiger partial charge >= 0.3 is 0 Å². The molecule has 1 N–H and O–H groups in total. The van der Waals surface area contributed by atoms with Crippen molar-refractivity contribution in [2.45, 2.75) is 39.2 Å². The first-order valence-electron chi connectivity index (χ1n) is 5.53. The smallest absolute Gasteiger partial charge is 0.123 e. The van der Waals surface area contributed by atoms with E-state index in [1.807, 2.05) is 13.8 Å². The van der Waals surface area contributed by atoms with Crippen molar-refractivity contribution in [3.05, 3.63) is 34.1 Å². The number of aliphatic hydroxyl groups is 1. The molecule has 1 rings (SSSR count). The molecule has 0 aliphatic heterocycles. The lowest BCUT2D eigenvalue weighted by molar-refractivity contribution is 0.00498. The van der Waals surface area contributed by atoms with E-state index in [1.54, 1.807) is 13.0 Å². The van der Waals surface area contributed by atoms with Crippen LogP contribution in [-0.4, -0.2) is 10.7 Å². The molecule has 0 spiro atoms. The second-order valence-corrected chi connectivity index (χ2v) is 5.43. The molecule has 90 valence electrons. The van der Waals surface area contributed by atoms with E-state index >= 15 is 0 Å². The number of hydrogen-bond donors (Lipinski definition) is 1. The van der Waals surface area contributed by atoms with Crippen LogP contribution in [0.5, 0.6) is 0 Å². The van der Waals surface area contributed by atoms with Crippen molar-refractivity contribution in [1.82, 2.24) is 0 Å². The molecular weight excluding hydrogens is 271 g/mol. The van der Waals surface area contributed by atoms with Crippen LogP contribution in [0.1, 0.15) is 32.8 Å². The van der Waals surface area contributed by atoms with Gasteiger partial charge in [-0.05, 0) is 36.6 Å². The van der Waals surface area contributed by atoms with E-state index in [-0.39, 0.29) is 11.7 Å². The van der Waals surface area contributed by atoms with Crippen LogP contribution in [0.15, 0.2) is 22.7 Å². The summed E-state index contributed by atoms with van der Waals surface area (Å²) in [7, 11) is 0. The van der Waals surface area contributed by atoms with Gasteiger partial charge in [-0.3, -0.25) is 0 Å². The Balaban J connectivity index is 2.91. The number of rotatable bonds is 4. The molecule has 1 aromatic carbocycles. The Labute approximate surface area is 105 Å². The SMILES string of the molecule is CCC(C)C(C)(O)Cc1cc(F)ccc1Br. The summed E-state index contributed by atoms with van der Waals surface area (Å²) < 4.78 is 13.9. The van der Waals surface area contributed by atoms with Crippen LogP contribution in [0.3, 0.4) is 0 Å². The van der Waals surface area contributed by atoms with Gasteiger partial charge in [-0.2, -0.15) is 0 Å². The monoisotopic (exact) mass is 288 g/mol. The summed E-state index contributed by atoms with van der Waals surface area (Å²) in [5.74, 6) is -0.0826. The molecule has 2 unspecified atom stereocenters. The maximum atomic E-state index is 13.1. The lowest BCUT2D eigenvalue weighted by Gasteiger charge is -2.30. The van der Waals surface area contributed by atoms with E-state index in [0.29, 0.717) is 6.42 Å². The van der Waals surface area contributed by atoms with Crippen molar-refractivity contribution in [1.29, 1.82) is 0 Å². The van der Waals surface area contributed by atoms with E-state index in [2.05, 4.69) is 15.9 Å². The fraction of sp³-hybridized carbons (Fsp3) is 0.538. The van der Waals surface area contributed by atoms with Gasteiger partial charge in [0.15, 0.2) is 0 Å². The van der Waals surface area contributed by atoms with Crippen molar-refractivity contribution in [3.63, 3.8) is 0 Å². The van der Waals surface area contributed by atoms with Crippen molar-refractivity contribution in [3.8, 4) is 0 Å². The zero-order valence-electron chi connectivity index (χ0n) is 9.93. The summed E-state index contributed by atoms with van der Waals surface area (Å²) in [6, 6.07) is 4.56. The highest BCUT2D eigenvalue weighted by Crippen LogP contribution is 2.28. The lowest BCUT2D eigenvalue weighted by Crippen LogP contribution is -2.35. The van der Waals surface area contributed by atoms with Crippen molar-refractivity contribution < 1.29 is 9.50 Å². The first-order chi connectivity index (χ1) is 7.36. The maximum Gasteiger partial charge on any atom is 0.123 e. The Morgan fingerprint density at radius 1 is 1.50 bits per heavy atom. The van der Waals surface area contributed by atoms with Crippen molar-refractivity contribution in [2.75, 3.05) is 0 Å². The van der Waals surface area contributed by atoms with Crippen LogP contribution in [0.25, 0.3) is 0 Å². The molecule has 0 aromatic heterocycles. The molecule has 2 atom stereocenters. The van der Waals surface area contributed by atoms with E-state index < -0.39 is 5.60 Å². The van der Waals surface area contributed by atoms with E-state index in [0.717, 1.165) is 16.5 Å². The number of halogens is 2. The molecule has 0 fully saturated rings. The average molecular weight is 289 g/mol. The molecule has 0 amide bonds. The lowest BCUT2D eigenvalue weighted by atomic mass is 9.83. The highest BCUT2D eigenvalue weighted by molar-refractivity contribution is 9.10. The van der Waals surface area contributed by atoms with Crippen LogP contribution in [0.2, 0.25) is 0 Å². The third kappa shape index (κ3) is 3.29.